The van der Waals surface area contributed by atoms with Gasteiger partial charge in [-0.1, -0.05) is 121 Å². The minimum atomic E-state index is -0.360. The Morgan fingerprint density at radius 1 is 0.455 bits per heavy atom. The molecule has 9 rings (SSSR count). The van der Waals surface area contributed by atoms with Crippen LogP contribution in [0.3, 0.4) is 0 Å². The lowest BCUT2D eigenvalue weighted by Gasteiger charge is -2.07. The van der Waals surface area contributed by atoms with Crippen LogP contribution in [0.1, 0.15) is 22.8 Å². The first kappa shape index (κ1) is 35.5. The highest BCUT2D eigenvalue weighted by molar-refractivity contribution is 9.13. The number of nitrogens with one attached hydrogen (secondary N) is 2. The van der Waals surface area contributed by atoms with E-state index in [0.717, 1.165) is 69.2 Å². The van der Waals surface area contributed by atoms with Crippen LogP contribution in [0.2, 0.25) is 0 Å². The SMILES string of the molecule is O=[N+]([O-])C1=Cc2nc1c(-c1ccccc1)c1[nH]c(c(Br)c1Br)c(-c1ccccc1)c1nc(c(-c3ccccc3)c3[nH]c(c(Br)c3Br)c2-c2ccccc2)C=C1. The molecule has 0 saturated carbocycles. The molecule has 7 nitrogen and oxygen atoms in total. The summed E-state index contributed by atoms with van der Waals surface area (Å²) in [6.07, 6.45) is 5.65. The van der Waals surface area contributed by atoms with E-state index in [2.05, 4.69) is 85.8 Å². The van der Waals surface area contributed by atoms with E-state index in [9.17, 15) is 10.1 Å². The second-order valence-electron chi connectivity index (χ2n) is 12.8. The average Bonchev–Trinajstić information content (AvgIpc) is 3.99. The number of hydrogen-bond acceptors (Lipinski definition) is 4. The molecule has 2 aliphatic rings. The average molecular weight is 975 g/mol. The fourth-order valence-electron chi connectivity index (χ4n) is 7.18. The molecule has 0 radical (unpaired) electrons. The molecule has 0 atom stereocenters. The van der Waals surface area contributed by atoms with Gasteiger partial charge >= 0.3 is 0 Å². The first-order valence-electron chi connectivity index (χ1n) is 17.1. The van der Waals surface area contributed by atoms with Crippen LogP contribution >= 0.6 is 63.7 Å². The molecule has 2 aliphatic heterocycles. The number of aromatic amines is 2. The Morgan fingerprint density at radius 3 is 1.15 bits per heavy atom. The zero-order chi connectivity index (χ0) is 37.8. The minimum Gasteiger partial charge on any atom is -0.352 e. The molecule has 8 bridgehead atoms. The summed E-state index contributed by atoms with van der Waals surface area (Å²) in [5.74, 6) is 0. The van der Waals surface area contributed by atoms with Crippen LogP contribution < -0.4 is 0 Å². The number of H-pyrrole nitrogens is 2. The number of rotatable bonds is 5. The molecule has 0 fully saturated rings. The summed E-state index contributed by atoms with van der Waals surface area (Å²) in [6.45, 7) is 0. The van der Waals surface area contributed by atoms with E-state index < -0.39 is 0 Å². The molecule has 4 aromatic carbocycles. The highest BCUT2D eigenvalue weighted by Crippen LogP contribution is 2.47. The molecule has 55 heavy (non-hydrogen) atoms. The summed E-state index contributed by atoms with van der Waals surface area (Å²) < 4.78 is 2.94. The summed E-state index contributed by atoms with van der Waals surface area (Å²) >= 11 is 15.7. The molecule has 0 aliphatic carbocycles. The maximum atomic E-state index is 13.1. The normalized spacial score (nSPS) is 12.2. The quantitative estimate of drug-likeness (QED) is 0.133. The second-order valence-corrected chi connectivity index (χ2v) is 16.0. The van der Waals surface area contributed by atoms with Crippen LogP contribution in [0.15, 0.2) is 139 Å². The summed E-state index contributed by atoms with van der Waals surface area (Å²) in [6, 6.07) is 39.6. The van der Waals surface area contributed by atoms with Crippen molar-refractivity contribution in [1.82, 2.24) is 19.9 Å². The zero-order valence-electron chi connectivity index (χ0n) is 28.4. The smallest absolute Gasteiger partial charge is 0.297 e. The molecule has 0 unspecified atom stereocenters. The van der Waals surface area contributed by atoms with Crippen molar-refractivity contribution in [3.63, 3.8) is 0 Å². The predicted octanol–water partition coefficient (Wildman–Crippen LogP) is 14.0. The van der Waals surface area contributed by atoms with Gasteiger partial charge in [-0.25, -0.2) is 9.97 Å². The van der Waals surface area contributed by atoms with Gasteiger partial charge in [-0.05, 0) is 98.1 Å². The van der Waals surface area contributed by atoms with Crippen molar-refractivity contribution in [1.29, 1.82) is 0 Å². The maximum absolute atomic E-state index is 13.1. The van der Waals surface area contributed by atoms with Crippen LogP contribution in [0, 0.1) is 10.1 Å². The van der Waals surface area contributed by atoms with Crippen molar-refractivity contribution in [3.8, 4) is 44.5 Å². The molecule has 0 saturated heterocycles. The number of benzene rings is 4. The van der Waals surface area contributed by atoms with E-state index in [1.54, 1.807) is 6.08 Å². The Morgan fingerprint density at radius 2 is 0.782 bits per heavy atom. The summed E-state index contributed by atoms with van der Waals surface area (Å²) in [7, 11) is 0. The standard InChI is InChI=1S/C44H25Br4N5O2/c45-36-37(46)43-34(26-17-9-3-10-18-26)30-23-31(53(54)55)40(50-30)35(27-19-11-4-12-20-27)44-39(48)38(47)42(52-44)33(25-15-7-2-8-16-25)29-22-21-28(49-29)32(41(36)51-43)24-13-5-1-6-14-24/h1-23,51-52H. The Bertz CT molecular complexity index is 2920. The molecule has 11 heteroatoms. The highest BCUT2D eigenvalue weighted by atomic mass is 79.9. The van der Waals surface area contributed by atoms with E-state index >= 15 is 0 Å². The van der Waals surface area contributed by atoms with Gasteiger partial charge in [0.05, 0.1) is 62.0 Å². The Kier molecular flexibility index (Phi) is 9.34. The topological polar surface area (TPSA) is 100 Å². The predicted molar refractivity (Wildman–Crippen MR) is 237 cm³/mol. The summed E-state index contributed by atoms with van der Waals surface area (Å²) in [5, 5.41) is 13.1. The molecule has 0 amide bonds. The molecule has 266 valence electrons. The van der Waals surface area contributed by atoms with Gasteiger partial charge in [0.2, 0.25) is 0 Å². The maximum Gasteiger partial charge on any atom is 0.297 e. The fourth-order valence-corrected chi connectivity index (χ4v) is 9.16. The van der Waals surface area contributed by atoms with Crippen molar-refractivity contribution in [2.45, 2.75) is 0 Å². The Hall–Kier alpha value is -5.20. The third kappa shape index (κ3) is 6.15. The van der Waals surface area contributed by atoms with Crippen LogP contribution in [-0.2, 0) is 0 Å². The molecule has 5 heterocycles. The van der Waals surface area contributed by atoms with Crippen molar-refractivity contribution < 1.29 is 4.92 Å². The third-order valence-electron chi connectivity index (χ3n) is 9.60. The molecular formula is C44H25Br4N5O2. The molecule has 2 N–H and O–H groups in total. The highest BCUT2D eigenvalue weighted by Gasteiger charge is 2.31. The first-order valence-corrected chi connectivity index (χ1v) is 20.3. The molecular weight excluding hydrogens is 950 g/mol. The monoisotopic (exact) mass is 971 g/mol. The van der Waals surface area contributed by atoms with E-state index in [1.165, 1.54) is 0 Å². The van der Waals surface area contributed by atoms with Gasteiger partial charge in [0.25, 0.3) is 5.70 Å². The lowest BCUT2D eigenvalue weighted by Crippen LogP contribution is -1.98. The first-order chi connectivity index (χ1) is 26.8. The van der Waals surface area contributed by atoms with Crippen LogP contribution in [0.25, 0.3) is 90.5 Å². The lowest BCUT2D eigenvalue weighted by atomic mass is 10.0. The molecule has 3 aromatic heterocycles. The van der Waals surface area contributed by atoms with Crippen LogP contribution in [0.4, 0.5) is 0 Å². The van der Waals surface area contributed by atoms with Gasteiger partial charge in [0.15, 0.2) is 5.69 Å². The van der Waals surface area contributed by atoms with Crippen molar-refractivity contribution in [3.05, 3.63) is 172 Å². The number of hydrogen-bond donors (Lipinski definition) is 2. The Labute approximate surface area is 348 Å². The van der Waals surface area contributed by atoms with Gasteiger partial charge in [0, 0.05) is 28.3 Å². The van der Waals surface area contributed by atoms with Gasteiger partial charge in [-0.2, -0.15) is 0 Å². The lowest BCUT2D eigenvalue weighted by molar-refractivity contribution is -0.374. The Balaban J connectivity index is 1.60. The summed E-state index contributed by atoms with van der Waals surface area (Å²) in [4.78, 5) is 30.7. The van der Waals surface area contributed by atoms with Gasteiger partial charge in [-0.3, -0.25) is 10.1 Å². The number of nitro groups is 1. The molecule has 0 spiro atoms. The van der Waals surface area contributed by atoms with E-state index in [4.69, 9.17) is 9.97 Å². The third-order valence-corrected chi connectivity index (χ3v) is 13.8. The van der Waals surface area contributed by atoms with Gasteiger partial charge < -0.3 is 9.97 Å². The van der Waals surface area contributed by atoms with Crippen molar-refractivity contribution in [2.75, 3.05) is 0 Å². The zero-order valence-corrected chi connectivity index (χ0v) is 34.8. The van der Waals surface area contributed by atoms with Gasteiger partial charge in [0.1, 0.15) is 0 Å². The largest absolute Gasteiger partial charge is 0.352 e. The molecule has 7 aromatic rings. The van der Waals surface area contributed by atoms with Crippen LogP contribution in [0.5, 0.6) is 0 Å². The minimum absolute atomic E-state index is 0.126. The van der Waals surface area contributed by atoms with E-state index in [1.807, 2.05) is 121 Å². The number of nitrogens with zero attached hydrogens (tertiary/aromatic N) is 3. The number of halogens is 4. The van der Waals surface area contributed by atoms with Crippen molar-refractivity contribution in [2.24, 2.45) is 0 Å². The van der Waals surface area contributed by atoms with E-state index in [0.29, 0.717) is 32.3 Å². The van der Waals surface area contributed by atoms with Gasteiger partial charge in [-0.15, -0.1) is 0 Å². The van der Waals surface area contributed by atoms with Crippen molar-refractivity contribution >= 4 is 110 Å². The number of aromatic nitrogens is 4. The second kappa shape index (κ2) is 14.5. The summed E-state index contributed by atoms with van der Waals surface area (Å²) in [5.41, 5.74) is 11.3. The van der Waals surface area contributed by atoms with Crippen LogP contribution in [-0.4, -0.2) is 24.9 Å². The van der Waals surface area contributed by atoms with E-state index in [-0.39, 0.29) is 16.3 Å². The number of fused-ring (bicyclic) bond motifs is 8. The fraction of sp³-hybridized carbons (Fsp3) is 0.